The SMILES string of the molecule is CCN(CC)S(=O)(=O)c1ccc(C(C)Nc2nc(C(F)(F)F)nc3ccccc23)cc1. The molecule has 3 aromatic rings. The maximum atomic E-state index is 13.2. The lowest BCUT2D eigenvalue weighted by atomic mass is 10.1. The van der Waals surface area contributed by atoms with Gasteiger partial charge in [-0.2, -0.15) is 17.5 Å². The van der Waals surface area contributed by atoms with Crippen molar-refractivity contribution in [2.24, 2.45) is 0 Å². The van der Waals surface area contributed by atoms with E-state index in [1.54, 1.807) is 51.1 Å². The van der Waals surface area contributed by atoms with Crippen LogP contribution in [0.15, 0.2) is 53.4 Å². The van der Waals surface area contributed by atoms with Gasteiger partial charge >= 0.3 is 6.18 Å². The fourth-order valence-corrected chi connectivity index (χ4v) is 4.70. The normalized spacial score (nSPS) is 13.5. The highest BCUT2D eigenvalue weighted by atomic mass is 32.2. The van der Waals surface area contributed by atoms with Crippen molar-refractivity contribution in [3.8, 4) is 0 Å². The van der Waals surface area contributed by atoms with Crippen LogP contribution in [0.25, 0.3) is 10.9 Å². The summed E-state index contributed by atoms with van der Waals surface area (Å²) < 4.78 is 66.3. The van der Waals surface area contributed by atoms with E-state index in [4.69, 9.17) is 0 Å². The van der Waals surface area contributed by atoms with Gasteiger partial charge in [0.2, 0.25) is 15.8 Å². The molecule has 0 aliphatic heterocycles. The van der Waals surface area contributed by atoms with Gasteiger partial charge in [0.25, 0.3) is 0 Å². The van der Waals surface area contributed by atoms with Crippen molar-refractivity contribution in [1.29, 1.82) is 0 Å². The Morgan fingerprint density at radius 1 is 1.00 bits per heavy atom. The maximum Gasteiger partial charge on any atom is 0.451 e. The van der Waals surface area contributed by atoms with Crippen LogP contribution in [0.1, 0.15) is 38.2 Å². The first-order valence-electron chi connectivity index (χ1n) is 9.78. The second-order valence-electron chi connectivity index (χ2n) is 6.94. The number of nitrogens with one attached hydrogen (secondary N) is 1. The van der Waals surface area contributed by atoms with Crippen LogP contribution in [0.5, 0.6) is 0 Å². The number of alkyl halides is 3. The number of aromatic nitrogens is 2. The zero-order valence-corrected chi connectivity index (χ0v) is 18.1. The number of fused-ring (bicyclic) bond motifs is 1. The van der Waals surface area contributed by atoms with Crippen LogP contribution in [0.4, 0.5) is 19.0 Å². The summed E-state index contributed by atoms with van der Waals surface area (Å²) in [4.78, 5) is 7.47. The van der Waals surface area contributed by atoms with Crippen molar-refractivity contribution < 1.29 is 21.6 Å². The minimum absolute atomic E-state index is 0.0604. The molecule has 6 nitrogen and oxygen atoms in total. The van der Waals surface area contributed by atoms with E-state index in [2.05, 4.69) is 15.3 Å². The Hall–Kier alpha value is -2.72. The number of hydrogen-bond acceptors (Lipinski definition) is 5. The van der Waals surface area contributed by atoms with E-state index in [0.29, 0.717) is 24.0 Å². The predicted molar refractivity (Wildman–Crippen MR) is 113 cm³/mol. The molecular formula is C21H23F3N4O2S. The topological polar surface area (TPSA) is 75.2 Å². The number of para-hydroxylation sites is 1. The molecule has 1 N–H and O–H groups in total. The van der Waals surface area contributed by atoms with E-state index in [1.165, 1.54) is 22.5 Å². The number of halogens is 3. The van der Waals surface area contributed by atoms with Gasteiger partial charge in [-0.1, -0.05) is 38.1 Å². The number of anilines is 1. The van der Waals surface area contributed by atoms with Crippen LogP contribution in [-0.2, 0) is 16.2 Å². The van der Waals surface area contributed by atoms with E-state index in [-0.39, 0.29) is 16.2 Å². The van der Waals surface area contributed by atoms with Gasteiger partial charge in [-0.25, -0.2) is 18.4 Å². The molecule has 1 heterocycles. The van der Waals surface area contributed by atoms with Crippen molar-refractivity contribution in [3.05, 3.63) is 59.9 Å². The minimum Gasteiger partial charge on any atom is -0.363 e. The highest BCUT2D eigenvalue weighted by Crippen LogP contribution is 2.31. The molecule has 0 saturated carbocycles. The van der Waals surface area contributed by atoms with Gasteiger partial charge in [0.15, 0.2) is 0 Å². The predicted octanol–water partition coefficient (Wildman–Crippen LogP) is 4.85. The van der Waals surface area contributed by atoms with Crippen LogP contribution in [0.2, 0.25) is 0 Å². The molecule has 2 aromatic carbocycles. The summed E-state index contributed by atoms with van der Waals surface area (Å²) in [6.07, 6.45) is -4.68. The summed E-state index contributed by atoms with van der Waals surface area (Å²) in [6, 6.07) is 12.3. The molecule has 1 unspecified atom stereocenters. The van der Waals surface area contributed by atoms with Gasteiger partial charge in [0, 0.05) is 24.5 Å². The van der Waals surface area contributed by atoms with Crippen LogP contribution < -0.4 is 5.32 Å². The van der Waals surface area contributed by atoms with Gasteiger partial charge < -0.3 is 5.32 Å². The second kappa shape index (κ2) is 8.80. The van der Waals surface area contributed by atoms with Crippen molar-refractivity contribution in [1.82, 2.24) is 14.3 Å². The van der Waals surface area contributed by atoms with Crippen molar-refractivity contribution in [3.63, 3.8) is 0 Å². The largest absolute Gasteiger partial charge is 0.451 e. The average molecular weight is 453 g/mol. The number of rotatable bonds is 7. The summed E-state index contributed by atoms with van der Waals surface area (Å²) in [5.74, 6) is -1.16. The molecule has 31 heavy (non-hydrogen) atoms. The molecule has 166 valence electrons. The second-order valence-corrected chi connectivity index (χ2v) is 8.87. The first-order chi connectivity index (χ1) is 14.6. The Labute approximate surface area is 179 Å². The van der Waals surface area contributed by atoms with Gasteiger partial charge in [-0.15, -0.1) is 0 Å². The molecule has 0 radical (unpaired) electrons. The van der Waals surface area contributed by atoms with Crippen molar-refractivity contribution in [2.75, 3.05) is 18.4 Å². The summed E-state index contributed by atoms with van der Waals surface area (Å²) in [7, 11) is -3.59. The molecule has 0 spiro atoms. The molecule has 10 heteroatoms. The van der Waals surface area contributed by atoms with Crippen molar-refractivity contribution >= 4 is 26.7 Å². The number of benzene rings is 2. The Morgan fingerprint density at radius 3 is 2.19 bits per heavy atom. The van der Waals surface area contributed by atoms with E-state index >= 15 is 0 Å². The molecule has 0 bridgehead atoms. The lowest BCUT2D eigenvalue weighted by molar-refractivity contribution is -0.144. The molecule has 0 saturated heterocycles. The third-order valence-electron chi connectivity index (χ3n) is 4.93. The summed E-state index contributed by atoms with van der Waals surface area (Å²) in [5, 5.41) is 3.47. The average Bonchev–Trinajstić information content (AvgIpc) is 2.73. The molecule has 0 aliphatic rings. The van der Waals surface area contributed by atoms with Crippen LogP contribution >= 0.6 is 0 Å². The van der Waals surface area contributed by atoms with Crippen molar-refractivity contribution in [2.45, 2.75) is 37.9 Å². The number of sulfonamides is 1. The standard InChI is InChI=1S/C21H23F3N4O2S/c1-4-28(5-2)31(29,30)16-12-10-15(11-13-16)14(3)25-19-17-8-6-7-9-18(17)26-20(27-19)21(22,23)24/h6-14H,4-5H2,1-3H3,(H,25,26,27). The van der Waals surface area contributed by atoms with Gasteiger partial charge in [0.1, 0.15) is 5.82 Å². The number of nitrogens with zero attached hydrogens (tertiary/aromatic N) is 3. The third kappa shape index (κ3) is 4.80. The third-order valence-corrected chi connectivity index (χ3v) is 7.00. The first kappa shape index (κ1) is 23.0. The molecule has 0 amide bonds. The summed E-state index contributed by atoms with van der Waals surface area (Å²) >= 11 is 0. The van der Waals surface area contributed by atoms with E-state index in [0.717, 1.165) is 0 Å². The summed E-state index contributed by atoms with van der Waals surface area (Å²) in [5.41, 5.74) is 0.884. The molecule has 0 aliphatic carbocycles. The minimum atomic E-state index is -4.68. The lowest BCUT2D eigenvalue weighted by Crippen LogP contribution is -2.30. The van der Waals surface area contributed by atoms with Gasteiger partial charge in [0.05, 0.1) is 10.4 Å². The maximum absolute atomic E-state index is 13.2. The fraction of sp³-hybridized carbons (Fsp3) is 0.333. The Bertz CT molecular complexity index is 1160. The quantitative estimate of drug-likeness (QED) is 0.555. The first-order valence-corrected chi connectivity index (χ1v) is 11.2. The molecule has 0 fully saturated rings. The van der Waals surface area contributed by atoms with E-state index in [1.807, 2.05) is 0 Å². The number of hydrogen-bond donors (Lipinski definition) is 1. The Balaban J connectivity index is 1.92. The molecule has 1 atom stereocenters. The van der Waals surface area contributed by atoms with Gasteiger partial charge in [-0.05, 0) is 36.8 Å². The highest BCUT2D eigenvalue weighted by molar-refractivity contribution is 7.89. The van der Waals surface area contributed by atoms with E-state index in [9.17, 15) is 21.6 Å². The zero-order chi connectivity index (χ0) is 22.8. The van der Waals surface area contributed by atoms with E-state index < -0.39 is 28.1 Å². The summed E-state index contributed by atoms with van der Waals surface area (Å²) in [6.45, 7) is 6.02. The lowest BCUT2D eigenvalue weighted by Gasteiger charge is -2.20. The highest BCUT2D eigenvalue weighted by Gasteiger charge is 2.35. The Kier molecular flexibility index (Phi) is 6.51. The van der Waals surface area contributed by atoms with Crippen LogP contribution in [0.3, 0.4) is 0 Å². The fourth-order valence-electron chi connectivity index (χ4n) is 3.24. The Morgan fingerprint density at radius 2 is 1.61 bits per heavy atom. The van der Waals surface area contributed by atoms with Crippen LogP contribution in [-0.4, -0.2) is 35.8 Å². The molecular weight excluding hydrogens is 429 g/mol. The molecule has 1 aromatic heterocycles. The zero-order valence-electron chi connectivity index (χ0n) is 17.3. The smallest absolute Gasteiger partial charge is 0.363 e. The molecule has 3 rings (SSSR count). The monoisotopic (exact) mass is 452 g/mol. The van der Waals surface area contributed by atoms with Gasteiger partial charge in [-0.3, -0.25) is 0 Å². The van der Waals surface area contributed by atoms with Crippen LogP contribution in [0, 0.1) is 0 Å².